The quantitative estimate of drug-likeness (QED) is 0.328. The standard InChI is InChI=1S/C27H25NO6/c1-15-11-16(2)13-18(12-15)28-24(17-5-7-19(29)8-6-17)23(26(31)27(28)32)25(30)21-14-20(33-3)9-10-22(21)34-4/h5-14,24,29-30H,1-4H3/b25-23+. The Kier molecular flexibility index (Phi) is 6.03. The number of hydrogen-bond donors (Lipinski definition) is 2. The van der Waals surface area contributed by atoms with E-state index in [9.17, 15) is 19.8 Å². The number of phenolic OH excluding ortho intramolecular Hbond substituents is 1. The number of aromatic hydroxyl groups is 1. The monoisotopic (exact) mass is 459 g/mol. The molecule has 1 heterocycles. The number of carbonyl (C=O) groups excluding carboxylic acids is 2. The van der Waals surface area contributed by atoms with Crippen molar-refractivity contribution in [2.75, 3.05) is 19.1 Å². The van der Waals surface area contributed by atoms with Crippen molar-refractivity contribution in [3.05, 3.63) is 88.5 Å². The summed E-state index contributed by atoms with van der Waals surface area (Å²) in [5, 5.41) is 21.2. The molecule has 7 nitrogen and oxygen atoms in total. The molecule has 1 atom stereocenters. The second-order valence-electron chi connectivity index (χ2n) is 8.17. The molecule has 174 valence electrons. The second kappa shape index (κ2) is 8.94. The number of anilines is 1. The summed E-state index contributed by atoms with van der Waals surface area (Å²) in [4.78, 5) is 28.1. The maximum atomic E-state index is 13.3. The van der Waals surface area contributed by atoms with E-state index in [0.717, 1.165) is 11.1 Å². The Bertz CT molecular complexity index is 1290. The van der Waals surface area contributed by atoms with E-state index in [2.05, 4.69) is 0 Å². The van der Waals surface area contributed by atoms with Crippen LogP contribution in [0.4, 0.5) is 5.69 Å². The number of aliphatic hydroxyl groups is 1. The van der Waals surface area contributed by atoms with E-state index in [1.54, 1.807) is 30.3 Å². The van der Waals surface area contributed by atoms with E-state index in [4.69, 9.17) is 9.47 Å². The zero-order valence-electron chi connectivity index (χ0n) is 19.3. The molecule has 34 heavy (non-hydrogen) atoms. The summed E-state index contributed by atoms with van der Waals surface area (Å²) in [5.41, 5.74) is 3.09. The number of phenols is 1. The third-order valence-corrected chi connectivity index (χ3v) is 5.80. The fourth-order valence-corrected chi connectivity index (χ4v) is 4.30. The van der Waals surface area contributed by atoms with Crippen LogP contribution in [0.5, 0.6) is 17.2 Å². The van der Waals surface area contributed by atoms with Gasteiger partial charge < -0.3 is 19.7 Å². The predicted molar refractivity (Wildman–Crippen MR) is 128 cm³/mol. The summed E-state index contributed by atoms with van der Waals surface area (Å²) < 4.78 is 10.7. The summed E-state index contributed by atoms with van der Waals surface area (Å²) in [6, 6.07) is 15.7. The van der Waals surface area contributed by atoms with Crippen LogP contribution in [0.15, 0.2) is 66.2 Å². The van der Waals surface area contributed by atoms with E-state index in [-0.39, 0.29) is 22.6 Å². The van der Waals surface area contributed by atoms with E-state index in [1.807, 2.05) is 32.0 Å². The number of ether oxygens (including phenoxy) is 2. The topological polar surface area (TPSA) is 96.3 Å². The van der Waals surface area contributed by atoms with Gasteiger partial charge >= 0.3 is 0 Å². The summed E-state index contributed by atoms with van der Waals surface area (Å²) in [5.74, 6) is -1.14. The molecule has 3 aromatic rings. The first-order chi connectivity index (χ1) is 16.2. The lowest BCUT2D eigenvalue weighted by Crippen LogP contribution is -2.29. The van der Waals surface area contributed by atoms with Crippen LogP contribution in [0, 0.1) is 13.8 Å². The number of amides is 1. The Hall–Kier alpha value is -4.26. The van der Waals surface area contributed by atoms with Crippen molar-refractivity contribution < 1.29 is 29.3 Å². The van der Waals surface area contributed by atoms with Gasteiger partial charge in [0, 0.05) is 5.69 Å². The Balaban J connectivity index is 2.00. The average molecular weight is 459 g/mol. The second-order valence-corrected chi connectivity index (χ2v) is 8.17. The lowest BCUT2D eigenvalue weighted by Gasteiger charge is -2.26. The molecular formula is C27H25NO6. The van der Waals surface area contributed by atoms with Crippen LogP contribution in [0.3, 0.4) is 0 Å². The molecule has 4 rings (SSSR count). The molecule has 1 saturated heterocycles. The number of hydrogen-bond acceptors (Lipinski definition) is 6. The molecule has 3 aromatic carbocycles. The number of ketones is 1. The minimum absolute atomic E-state index is 0.0431. The summed E-state index contributed by atoms with van der Waals surface area (Å²) in [6.07, 6.45) is 0. The van der Waals surface area contributed by atoms with Gasteiger partial charge in [-0.2, -0.15) is 0 Å². The summed E-state index contributed by atoms with van der Waals surface area (Å²) in [6.45, 7) is 3.81. The smallest absolute Gasteiger partial charge is 0.300 e. The van der Waals surface area contributed by atoms with Crippen molar-refractivity contribution in [2.45, 2.75) is 19.9 Å². The fourth-order valence-electron chi connectivity index (χ4n) is 4.30. The molecule has 0 radical (unpaired) electrons. The van der Waals surface area contributed by atoms with Crippen molar-refractivity contribution in [1.82, 2.24) is 0 Å². The number of Topliss-reactive ketones (excluding diaryl/α,β-unsaturated/α-hetero) is 1. The maximum absolute atomic E-state index is 13.3. The van der Waals surface area contributed by atoms with Gasteiger partial charge in [0.15, 0.2) is 0 Å². The van der Waals surface area contributed by atoms with Crippen LogP contribution < -0.4 is 14.4 Å². The number of aliphatic hydroxyl groups excluding tert-OH is 1. The Morgan fingerprint density at radius 3 is 2.12 bits per heavy atom. The van der Waals surface area contributed by atoms with Gasteiger partial charge in [0.25, 0.3) is 11.7 Å². The predicted octanol–water partition coefficient (Wildman–Crippen LogP) is 4.65. The van der Waals surface area contributed by atoms with Crippen molar-refractivity contribution in [3.8, 4) is 17.2 Å². The highest BCUT2D eigenvalue weighted by Crippen LogP contribution is 2.44. The van der Waals surface area contributed by atoms with Crippen LogP contribution in [0.25, 0.3) is 5.76 Å². The van der Waals surface area contributed by atoms with Crippen LogP contribution in [0.1, 0.15) is 28.3 Å². The number of methoxy groups -OCH3 is 2. The molecule has 0 aromatic heterocycles. The van der Waals surface area contributed by atoms with E-state index in [1.165, 1.54) is 31.3 Å². The largest absolute Gasteiger partial charge is 0.508 e. The molecule has 0 saturated carbocycles. The molecule has 7 heteroatoms. The van der Waals surface area contributed by atoms with Gasteiger partial charge in [-0.15, -0.1) is 0 Å². The summed E-state index contributed by atoms with van der Waals surface area (Å²) in [7, 11) is 2.94. The van der Waals surface area contributed by atoms with Gasteiger partial charge in [0.05, 0.1) is 31.4 Å². The molecule has 1 fully saturated rings. The molecule has 0 aliphatic carbocycles. The molecular weight excluding hydrogens is 434 g/mol. The number of aryl methyl sites for hydroxylation is 2. The first-order valence-electron chi connectivity index (χ1n) is 10.7. The molecule has 1 aliphatic heterocycles. The molecule has 0 spiro atoms. The SMILES string of the molecule is COc1ccc(OC)c(/C(O)=C2\C(=O)C(=O)N(c3cc(C)cc(C)c3)C2c2ccc(O)cc2)c1. The van der Waals surface area contributed by atoms with E-state index >= 15 is 0 Å². The van der Waals surface area contributed by atoms with E-state index < -0.39 is 17.7 Å². The van der Waals surface area contributed by atoms with Gasteiger partial charge in [-0.05, 0) is 73.0 Å². The van der Waals surface area contributed by atoms with Crippen molar-refractivity contribution in [2.24, 2.45) is 0 Å². The van der Waals surface area contributed by atoms with Crippen molar-refractivity contribution >= 4 is 23.1 Å². The highest BCUT2D eigenvalue weighted by atomic mass is 16.5. The third-order valence-electron chi connectivity index (χ3n) is 5.80. The minimum Gasteiger partial charge on any atom is -0.508 e. The molecule has 1 aliphatic rings. The Morgan fingerprint density at radius 1 is 0.882 bits per heavy atom. The zero-order chi connectivity index (χ0) is 24.6. The van der Waals surface area contributed by atoms with Crippen molar-refractivity contribution in [1.29, 1.82) is 0 Å². The van der Waals surface area contributed by atoms with Crippen LogP contribution in [-0.2, 0) is 9.59 Å². The van der Waals surface area contributed by atoms with Gasteiger partial charge in [0.1, 0.15) is 23.0 Å². The average Bonchev–Trinajstić information content (AvgIpc) is 3.08. The van der Waals surface area contributed by atoms with Gasteiger partial charge in [0.2, 0.25) is 0 Å². The number of benzene rings is 3. The summed E-state index contributed by atoms with van der Waals surface area (Å²) >= 11 is 0. The first kappa shape index (κ1) is 22.9. The molecule has 1 unspecified atom stereocenters. The number of nitrogens with zero attached hydrogens (tertiary/aromatic N) is 1. The Labute approximate surface area is 197 Å². The van der Waals surface area contributed by atoms with Crippen LogP contribution >= 0.6 is 0 Å². The number of carbonyl (C=O) groups is 2. The first-order valence-corrected chi connectivity index (χ1v) is 10.7. The van der Waals surface area contributed by atoms with Crippen LogP contribution in [0.2, 0.25) is 0 Å². The third kappa shape index (κ3) is 3.96. The van der Waals surface area contributed by atoms with E-state index in [0.29, 0.717) is 22.7 Å². The lowest BCUT2D eigenvalue weighted by atomic mass is 9.94. The normalized spacial score (nSPS) is 17.2. The number of rotatable bonds is 5. The highest BCUT2D eigenvalue weighted by Gasteiger charge is 2.47. The van der Waals surface area contributed by atoms with Crippen molar-refractivity contribution in [3.63, 3.8) is 0 Å². The van der Waals surface area contributed by atoms with Crippen LogP contribution in [-0.4, -0.2) is 36.1 Å². The minimum atomic E-state index is -0.919. The maximum Gasteiger partial charge on any atom is 0.300 e. The Morgan fingerprint density at radius 2 is 1.53 bits per heavy atom. The molecule has 0 bridgehead atoms. The molecule has 2 N–H and O–H groups in total. The highest BCUT2D eigenvalue weighted by molar-refractivity contribution is 6.51. The van der Waals surface area contributed by atoms with Gasteiger partial charge in [-0.3, -0.25) is 14.5 Å². The fraction of sp³-hybridized carbons (Fsp3) is 0.185. The molecule has 1 amide bonds. The lowest BCUT2D eigenvalue weighted by molar-refractivity contribution is -0.132. The zero-order valence-corrected chi connectivity index (χ0v) is 19.3. The van der Waals surface area contributed by atoms with Gasteiger partial charge in [-0.1, -0.05) is 18.2 Å². The van der Waals surface area contributed by atoms with Gasteiger partial charge in [-0.25, -0.2) is 0 Å².